The Bertz CT molecular complexity index is 876. The van der Waals surface area contributed by atoms with Crippen LogP contribution >= 0.6 is 0 Å². The average molecular weight is 356 g/mol. The molecule has 2 atom stereocenters. The maximum Gasteiger partial charge on any atom is 0.185 e. The summed E-state index contributed by atoms with van der Waals surface area (Å²) in [7, 11) is -3.57. The molecule has 0 amide bonds. The van der Waals surface area contributed by atoms with Crippen molar-refractivity contribution in [3.8, 4) is 0 Å². The van der Waals surface area contributed by atoms with Crippen LogP contribution in [-0.4, -0.2) is 13.2 Å². The Kier molecular flexibility index (Phi) is 4.74. The van der Waals surface area contributed by atoms with Crippen molar-refractivity contribution in [2.75, 3.05) is 0 Å². The van der Waals surface area contributed by atoms with Gasteiger partial charge < -0.3 is 4.42 Å². The summed E-state index contributed by atoms with van der Waals surface area (Å²) in [4.78, 5) is 0.374. The van der Waals surface area contributed by atoms with Crippen molar-refractivity contribution in [1.29, 1.82) is 0 Å². The molecule has 132 valence electrons. The van der Waals surface area contributed by atoms with E-state index in [4.69, 9.17) is 4.42 Å². The van der Waals surface area contributed by atoms with Crippen molar-refractivity contribution in [2.24, 2.45) is 5.92 Å². The van der Waals surface area contributed by atoms with Gasteiger partial charge in [-0.1, -0.05) is 42.0 Å². The lowest BCUT2D eigenvalue weighted by atomic mass is 9.73. The molecule has 1 aromatic heterocycles. The van der Waals surface area contributed by atoms with Crippen LogP contribution < -0.4 is 0 Å². The largest absolute Gasteiger partial charge is 0.472 e. The highest BCUT2D eigenvalue weighted by atomic mass is 32.2. The Hall–Kier alpha value is -2.07. The molecule has 0 N–H and O–H groups in total. The molecular weight excluding hydrogens is 332 g/mol. The van der Waals surface area contributed by atoms with Gasteiger partial charge in [-0.25, -0.2) is 8.42 Å². The summed E-state index contributed by atoms with van der Waals surface area (Å²) in [5, 5.41) is 0. The van der Waals surface area contributed by atoms with Gasteiger partial charge in [-0.15, -0.1) is 0 Å². The quantitative estimate of drug-likeness (QED) is 0.711. The van der Waals surface area contributed by atoms with Crippen molar-refractivity contribution < 1.29 is 12.8 Å². The smallest absolute Gasteiger partial charge is 0.185 e. The monoisotopic (exact) mass is 356 g/mol. The predicted molar refractivity (Wildman–Crippen MR) is 100 cm³/mol. The standard InChI is InChI=1S/C21H24O3S/c1-16(2)20-10-9-17(3)13-21(20,14-18-11-12-24-15-18)25(22,23)19-7-5-4-6-8-19/h4-9,11-12,15,20H,1,10,13-14H2,2-3H3/t20-,21+/m1/s1. The highest BCUT2D eigenvalue weighted by Crippen LogP contribution is 2.47. The lowest BCUT2D eigenvalue weighted by Gasteiger charge is -2.43. The number of allylic oxidation sites excluding steroid dienone is 3. The molecule has 3 rings (SSSR count). The molecule has 3 nitrogen and oxygen atoms in total. The second kappa shape index (κ2) is 6.68. The van der Waals surface area contributed by atoms with Gasteiger partial charge in [0, 0.05) is 5.92 Å². The molecule has 1 aliphatic rings. The summed E-state index contributed by atoms with van der Waals surface area (Å²) in [6.07, 6.45) is 7.01. The molecule has 0 unspecified atom stereocenters. The van der Waals surface area contributed by atoms with Crippen LogP contribution in [0.15, 0.2) is 82.0 Å². The Labute approximate surface area is 150 Å². The molecule has 4 heteroatoms. The molecule has 1 heterocycles. The summed E-state index contributed by atoms with van der Waals surface area (Å²) in [5.74, 6) is -0.128. The highest BCUT2D eigenvalue weighted by Gasteiger charge is 2.52. The van der Waals surface area contributed by atoms with E-state index in [1.54, 1.807) is 36.8 Å². The summed E-state index contributed by atoms with van der Waals surface area (Å²) >= 11 is 0. The van der Waals surface area contributed by atoms with E-state index in [0.29, 0.717) is 24.2 Å². The summed E-state index contributed by atoms with van der Waals surface area (Å²) < 4.78 is 31.9. The van der Waals surface area contributed by atoms with Gasteiger partial charge in [0.15, 0.2) is 9.84 Å². The molecule has 25 heavy (non-hydrogen) atoms. The van der Waals surface area contributed by atoms with E-state index in [1.165, 1.54) is 0 Å². The number of hydrogen-bond acceptors (Lipinski definition) is 3. The predicted octanol–water partition coefficient (Wildman–Crippen LogP) is 4.97. The van der Waals surface area contributed by atoms with Gasteiger partial charge in [0.1, 0.15) is 0 Å². The van der Waals surface area contributed by atoms with Crippen molar-refractivity contribution in [3.05, 3.63) is 78.3 Å². The summed E-state index contributed by atoms with van der Waals surface area (Å²) in [6, 6.07) is 10.6. The molecule has 1 aliphatic carbocycles. The highest BCUT2D eigenvalue weighted by molar-refractivity contribution is 7.92. The van der Waals surface area contributed by atoms with E-state index in [1.807, 2.05) is 26.0 Å². The number of furan rings is 1. The van der Waals surface area contributed by atoms with E-state index in [-0.39, 0.29) is 5.92 Å². The lowest BCUT2D eigenvalue weighted by Crippen LogP contribution is -2.49. The Morgan fingerprint density at radius 2 is 2.00 bits per heavy atom. The van der Waals surface area contributed by atoms with Crippen LogP contribution in [-0.2, 0) is 16.3 Å². The third-order valence-electron chi connectivity index (χ3n) is 5.18. The Morgan fingerprint density at radius 3 is 2.60 bits per heavy atom. The third kappa shape index (κ3) is 3.11. The van der Waals surface area contributed by atoms with Gasteiger partial charge in [0.05, 0.1) is 22.2 Å². The minimum absolute atomic E-state index is 0.128. The minimum atomic E-state index is -3.57. The number of benzene rings is 1. The van der Waals surface area contributed by atoms with Crippen LogP contribution in [0.5, 0.6) is 0 Å². The maximum atomic E-state index is 13.8. The van der Waals surface area contributed by atoms with Crippen LogP contribution in [0.4, 0.5) is 0 Å². The molecule has 0 aliphatic heterocycles. The molecule has 0 saturated heterocycles. The van der Waals surface area contributed by atoms with Gasteiger partial charge in [-0.05, 0) is 56.9 Å². The second-order valence-electron chi connectivity index (χ2n) is 7.05. The van der Waals surface area contributed by atoms with Gasteiger partial charge >= 0.3 is 0 Å². The summed E-state index contributed by atoms with van der Waals surface area (Å²) in [6.45, 7) is 8.07. The lowest BCUT2D eigenvalue weighted by molar-refractivity contribution is 0.371. The SMILES string of the molecule is C=C(C)[C@H]1CC=C(C)C[C@@]1(Cc1ccoc1)S(=O)(=O)c1ccccc1. The Balaban J connectivity index is 2.21. The van der Waals surface area contributed by atoms with E-state index in [2.05, 4.69) is 12.7 Å². The number of sulfone groups is 1. The molecule has 0 spiro atoms. The normalized spacial score (nSPS) is 23.9. The summed E-state index contributed by atoms with van der Waals surface area (Å²) in [5.41, 5.74) is 2.92. The molecule has 0 bridgehead atoms. The van der Waals surface area contributed by atoms with E-state index in [0.717, 1.165) is 16.7 Å². The number of rotatable bonds is 5. The fourth-order valence-electron chi connectivity index (χ4n) is 3.99. The third-order valence-corrected chi connectivity index (χ3v) is 7.72. The second-order valence-corrected chi connectivity index (χ2v) is 9.34. The van der Waals surface area contributed by atoms with Gasteiger partial charge in [-0.3, -0.25) is 0 Å². The van der Waals surface area contributed by atoms with Gasteiger partial charge in [0.25, 0.3) is 0 Å². The first-order chi connectivity index (χ1) is 11.9. The first kappa shape index (κ1) is 17.7. The van der Waals surface area contributed by atoms with Crippen LogP contribution in [0.3, 0.4) is 0 Å². The van der Waals surface area contributed by atoms with Crippen LogP contribution in [0.25, 0.3) is 0 Å². The van der Waals surface area contributed by atoms with Crippen LogP contribution in [0.2, 0.25) is 0 Å². The molecule has 1 aromatic carbocycles. The first-order valence-corrected chi connectivity index (χ1v) is 9.97. The van der Waals surface area contributed by atoms with E-state index < -0.39 is 14.6 Å². The molecule has 2 aromatic rings. The zero-order valence-corrected chi connectivity index (χ0v) is 15.6. The van der Waals surface area contributed by atoms with Crippen molar-refractivity contribution in [1.82, 2.24) is 0 Å². The zero-order chi connectivity index (χ0) is 18.1. The Morgan fingerprint density at radius 1 is 1.28 bits per heavy atom. The van der Waals surface area contributed by atoms with E-state index in [9.17, 15) is 8.42 Å². The average Bonchev–Trinajstić information content (AvgIpc) is 3.08. The van der Waals surface area contributed by atoms with Gasteiger partial charge in [0.2, 0.25) is 0 Å². The number of hydrogen-bond donors (Lipinski definition) is 0. The zero-order valence-electron chi connectivity index (χ0n) is 14.7. The van der Waals surface area contributed by atoms with Crippen molar-refractivity contribution >= 4 is 9.84 Å². The molecule has 0 saturated carbocycles. The van der Waals surface area contributed by atoms with Crippen LogP contribution in [0.1, 0.15) is 32.3 Å². The fourth-order valence-corrected chi connectivity index (χ4v) is 6.42. The van der Waals surface area contributed by atoms with Crippen LogP contribution in [0, 0.1) is 5.92 Å². The minimum Gasteiger partial charge on any atom is -0.472 e. The molecule has 0 radical (unpaired) electrons. The van der Waals surface area contributed by atoms with Gasteiger partial charge in [-0.2, -0.15) is 0 Å². The maximum absolute atomic E-state index is 13.8. The fraction of sp³-hybridized carbons (Fsp3) is 0.333. The van der Waals surface area contributed by atoms with Crippen molar-refractivity contribution in [3.63, 3.8) is 0 Å². The topological polar surface area (TPSA) is 47.3 Å². The van der Waals surface area contributed by atoms with Crippen molar-refractivity contribution in [2.45, 2.75) is 42.8 Å². The molecule has 0 fully saturated rings. The van der Waals surface area contributed by atoms with E-state index >= 15 is 0 Å². The first-order valence-electron chi connectivity index (χ1n) is 8.48. The molecular formula is C21H24O3S.